The first-order valence-corrected chi connectivity index (χ1v) is 3.45. The van der Waals surface area contributed by atoms with Gasteiger partial charge < -0.3 is 5.11 Å². The third kappa shape index (κ3) is 4.98. The van der Waals surface area contributed by atoms with Gasteiger partial charge in [0, 0.05) is 10.8 Å². The molecule has 0 aromatic carbocycles. The minimum atomic E-state index is -0.762. The molecule has 0 aliphatic rings. The molecule has 1 atom stereocenters. The monoisotopic (exact) mass is 219 g/mol. The fourth-order valence-electron chi connectivity index (χ4n) is 0.0735. The fourth-order valence-corrected chi connectivity index (χ4v) is 0.945. The maximum absolute atomic E-state index is 8.26. The quantitative estimate of drug-likeness (QED) is 0.546. The standard InChI is InChI=1S/C3H5ClIO/c4-3(6)1-2-5/h1,3,6H,2H2. The summed E-state index contributed by atoms with van der Waals surface area (Å²) >= 11 is 7.18. The molecule has 0 rings (SSSR count). The highest BCUT2D eigenvalue weighted by Gasteiger charge is 1.91. The van der Waals surface area contributed by atoms with Gasteiger partial charge >= 0.3 is 0 Å². The first-order valence-electron chi connectivity index (χ1n) is 1.49. The SMILES string of the molecule is OC(Cl)[CH]CI. The minimum absolute atomic E-state index is 0.762. The van der Waals surface area contributed by atoms with Crippen molar-refractivity contribution in [2.45, 2.75) is 5.56 Å². The average Bonchev–Trinajstić information content (AvgIpc) is 1.35. The van der Waals surface area contributed by atoms with E-state index < -0.39 is 5.56 Å². The summed E-state index contributed by atoms with van der Waals surface area (Å²) in [4.78, 5) is 0. The topological polar surface area (TPSA) is 20.2 Å². The van der Waals surface area contributed by atoms with E-state index >= 15 is 0 Å². The number of hydrogen-bond donors (Lipinski definition) is 1. The number of aliphatic hydroxyl groups is 1. The summed E-state index contributed by atoms with van der Waals surface area (Å²) in [7, 11) is 0. The molecule has 1 unspecified atom stereocenters. The van der Waals surface area contributed by atoms with Gasteiger partial charge in [-0.2, -0.15) is 0 Å². The van der Waals surface area contributed by atoms with Gasteiger partial charge in [0.15, 0.2) is 0 Å². The molecule has 0 bridgehead atoms. The summed E-state index contributed by atoms with van der Waals surface area (Å²) in [6.07, 6.45) is 1.60. The Kier molecular flexibility index (Phi) is 4.82. The molecule has 0 aliphatic heterocycles. The highest BCUT2D eigenvalue weighted by molar-refractivity contribution is 14.1. The smallest absolute Gasteiger partial charge is 0.131 e. The first kappa shape index (κ1) is 6.98. The molecule has 0 spiro atoms. The number of hydrogen-bond acceptors (Lipinski definition) is 1. The van der Waals surface area contributed by atoms with Crippen molar-refractivity contribution in [2.75, 3.05) is 4.43 Å². The van der Waals surface area contributed by atoms with Crippen molar-refractivity contribution in [3.63, 3.8) is 0 Å². The van der Waals surface area contributed by atoms with Gasteiger partial charge in [-0.15, -0.1) is 0 Å². The molecule has 0 fully saturated rings. The molecule has 0 aromatic rings. The van der Waals surface area contributed by atoms with Crippen LogP contribution >= 0.6 is 34.2 Å². The molecule has 1 nitrogen and oxygen atoms in total. The van der Waals surface area contributed by atoms with E-state index in [4.69, 9.17) is 16.7 Å². The Balaban J connectivity index is 2.63. The molecule has 1 radical (unpaired) electrons. The van der Waals surface area contributed by atoms with Crippen molar-refractivity contribution in [2.24, 2.45) is 0 Å². The van der Waals surface area contributed by atoms with Crippen LogP contribution in [0, 0.1) is 6.42 Å². The van der Waals surface area contributed by atoms with Crippen molar-refractivity contribution in [1.29, 1.82) is 0 Å². The van der Waals surface area contributed by atoms with Crippen LogP contribution in [0.3, 0.4) is 0 Å². The molecule has 0 amide bonds. The zero-order chi connectivity index (χ0) is 4.99. The first-order chi connectivity index (χ1) is 2.77. The van der Waals surface area contributed by atoms with Crippen LogP contribution in [0.4, 0.5) is 0 Å². The molecule has 0 heterocycles. The second kappa shape index (κ2) is 4.15. The summed E-state index contributed by atoms with van der Waals surface area (Å²) in [5.41, 5.74) is -0.762. The molecule has 0 saturated carbocycles. The predicted octanol–water partition coefficient (Wildman–Crippen LogP) is 1.18. The predicted molar refractivity (Wildman–Crippen MR) is 35.0 cm³/mol. The van der Waals surface area contributed by atoms with Crippen LogP contribution in [0.1, 0.15) is 0 Å². The van der Waals surface area contributed by atoms with Gasteiger partial charge in [-0.25, -0.2) is 0 Å². The van der Waals surface area contributed by atoms with Crippen LogP contribution in [0.2, 0.25) is 0 Å². The van der Waals surface area contributed by atoms with Gasteiger partial charge in [0.1, 0.15) is 5.56 Å². The second-order valence-corrected chi connectivity index (χ2v) is 2.09. The fraction of sp³-hybridized carbons (Fsp3) is 0.667. The highest BCUT2D eigenvalue weighted by Crippen LogP contribution is 1.96. The van der Waals surface area contributed by atoms with Crippen LogP contribution < -0.4 is 0 Å². The van der Waals surface area contributed by atoms with Crippen LogP contribution in [0.25, 0.3) is 0 Å². The molecule has 0 saturated heterocycles. The maximum Gasteiger partial charge on any atom is 0.131 e. The number of aliphatic hydroxyl groups excluding tert-OH is 1. The van der Waals surface area contributed by atoms with E-state index in [0.29, 0.717) is 0 Å². The van der Waals surface area contributed by atoms with E-state index in [0.717, 1.165) is 4.43 Å². The summed E-state index contributed by atoms with van der Waals surface area (Å²) < 4.78 is 0.794. The minimum Gasteiger partial charge on any atom is -0.377 e. The van der Waals surface area contributed by atoms with Crippen LogP contribution in [0.5, 0.6) is 0 Å². The average molecular weight is 219 g/mol. The van der Waals surface area contributed by atoms with Crippen LogP contribution in [0.15, 0.2) is 0 Å². The summed E-state index contributed by atoms with van der Waals surface area (Å²) in [6.45, 7) is 0. The number of alkyl halides is 2. The Labute approximate surface area is 55.8 Å². The Morgan fingerprint density at radius 3 is 2.50 bits per heavy atom. The third-order valence-electron chi connectivity index (χ3n) is 0.284. The van der Waals surface area contributed by atoms with Gasteiger partial charge in [0.2, 0.25) is 0 Å². The summed E-state index contributed by atoms with van der Waals surface area (Å²) in [6, 6.07) is 0. The van der Waals surface area contributed by atoms with Crippen molar-refractivity contribution in [1.82, 2.24) is 0 Å². The lowest BCUT2D eigenvalue weighted by Crippen LogP contribution is -1.95. The Hall–Kier alpha value is 0.980. The van der Waals surface area contributed by atoms with Gasteiger partial charge in [0.25, 0.3) is 0 Å². The third-order valence-corrected chi connectivity index (χ3v) is 0.970. The molecule has 1 N–H and O–H groups in total. The van der Waals surface area contributed by atoms with E-state index in [9.17, 15) is 0 Å². The molecule has 6 heavy (non-hydrogen) atoms. The Morgan fingerprint density at radius 2 is 2.50 bits per heavy atom. The van der Waals surface area contributed by atoms with Crippen molar-refractivity contribution in [3.05, 3.63) is 6.42 Å². The highest BCUT2D eigenvalue weighted by atomic mass is 127. The van der Waals surface area contributed by atoms with Crippen LogP contribution in [-0.2, 0) is 0 Å². The van der Waals surface area contributed by atoms with E-state index in [1.165, 1.54) is 0 Å². The lowest BCUT2D eigenvalue weighted by Gasteiger charge is -1.91. The van der Waals surface area contributed by atoms with E-state index in [-0.39, 0.29) is 0 Å². The van der Waals surface area contributed by atoms with E-state index in [1.807, 2.05) is 0 Å². The lowest BCUT2D eigenvalue weighted by molar-refractivity contribution is 0.289. The summed E-state index contributed by atoms with van der Waals surface area (Å²) in [5, 5.41) is 8.26. The van der Waals surface area contributed by atoms with Gasteiger partial charge in [-0.1, -0.05) is 34.2 Å². The zero-order valence-corrected chi connectivity index (χ0v) is 5.98. The van der Waals surface area contributed by atoms with Crippen molar-refractivity contribution < 1.29 is 5.11 Å². The van der Waals surface area contributed by atoms with Gasteiger partial charge in [-0.05, 0) is 0 Å². The molecule has 0 aromatic heterocycles. The number of rotatable bonds is 2. The largest absolute Gasteiger partial charge is 0.377 e. The Morgan fingerprint density at radius 1 is 2.00 bits per heavy atom. The summed E-state index contributed by atoms with van der Waals surface area (Å²) in [5.74, 6) is 0. The van der Waals surface area contributed by atoms with Crippen molar-refractivity contribution >= 4 is 34.2 Å². The van der Waals surface area contributed by atoms with Crippen molar-refractivity contribution in [3.8, 4) is 0 Å². The zero-order valence-electron chi connectivity index (χ0n) is 3.06. The van der Waals surface area contributed by atoms with E-state index in [1.54, 1.807) is 6.42 Å². The van der Waals surface area contributed by atoms with E-state index in [2.05, 4.69) is 22.6 Å². The molecule has 37 valence electrons. The number of halogens is 2. The molecular formula is C3H5ClIO. The Bertz CT molecular complexity index is 32.0. The second-order valence-electron chi connectivity index (χ2n) is 0.763. The molecular weight excluding hydrogens is 214 g/mol. The lowest BCUT2D eigenvalue weighted by atomic mass is 10.5. The molecule has 0 aliphatic carbocycles. The van der Waals surface area contributed by atoms with Crippen LogP contribution in [-0.4, -0.2) is 15.1 Å². The van der Waals surface area contributed by atoms with Gasteiger partial charge in [0.05, 0.1) is 0 Å². The van der Waals surface area contributed by atoms with Gasteiger partial charge in [-0.3, -0.25) is 0 Å². The normalized spacial score (nSPS) is 14.5. The molecule has 3 heteroatoms. The maximum atomic E-state index is 8.26.